The maximum absolute atomic E-state index is 13.2. The molecule has 36 heavy (non-hydrogen) atoms. The highest BCUT2D eigenvalue weighted by Crippen LogP contribution is 2.20. The number of fused-ring (bicyclic) bond motifs is 1. The number of anilines is 1. The number of imidazole rings is 1. The SMILES string of the molecule is Cc1cccn2cc(COc3ccccc3C(=O)NCCN3CCN(c4ccc(F)cc4)CC3)nc12. The van der Waals surface area contributed by atoms with Crippen molar-refractivity contribution in [2.24, 2.45) is 0 Å². The van der Waals surface area contributed by atoms with Crippen molar-refractivity contribution in [2.45, 2.75) is 13.5 Å². The number of ether oxygens (including phenoxy) is 1. The minimum absolute atomic E-state index is 0.151. The summed E-state index contributed by atoms with van der Waals surface area (Å²) in [6.07, 6.45) is 3.91. The molecule has 1 aliphatic heterocycles. The fourth-order valence-corrected chi connectivity index (χ4v) is 4.51. The highest BCUT2D eigenvalue weighted by atomic mass is 19.1. The molecule has 0 atom stereocenters. The van der Waals surface area contributed by atoms with E-state index in [-0.39, 0.29) is 18.3 Å². The summed E-state index contributed by atoms with van der Waals surface area (Å²) in [7, 11) is 0. The average Bonchev–Trinajstić information content (AvgIpc) is 3.33. The van der Waals surface area contributed by atoms with Gasteiger partial charge in [-0.2, -0.15) is 0 Å². The molecule has 5 rings (SSSR count). The standard InChI is InChI=1S/C28H30FN5O2/c1-21-5-4-13-34-19-23(31-27(21)34)20-36-26-7-3-2-6-25(26)28(35)30-12-14-32-15-17-33(18-16-32)24-10-8-22(29)9-11-24/h2-11,13,19H,12,14-18,20H2,1H3,(H,30,35). The van der Waals surface area contributed by atoms with Crippen molar-refractivity contribution in [3.63, 3.8) is 0 Å². The summed E-state index contributed by atoms with van der Waals surface area (Å²) in [6.45, 7) is 7.17. The number of para-hydroxylation sites is 1. The quantitative estimate of drug-likeness (QED) is 0.408. The highest BCUT2D eigenvalue weighted by Gasteiger charge is 2.18. The van der Waals surface area contributed by atoms with Crippen molar-refractivity contribution in [3.05, 3.63) is 95.7 Å². The second-order valence-corrected chi connectivity index (χ2v) is 9.00. The zero-order valence-electron chi connectivity index (χ0n) is 20.4. The van der Waals surface area contributed by atoms with Crippen molar-refractivity contribution >= 4 is 17.2 Å². The Morgan fingerprint density at radius 2 is 1.81 bits per heavy atom. The van der Waals surface area contributed by atoms with Gasteiger partial charge >= 0.3 is 0 Å². The molecule has 1 amide bonds. The first-order valence-corrected chi connectivity index (χ1v) is 12.2. The molecule has 1 N–H and O–H groups in total. The zero-order valence-corrected chi connectivity index (χ0v) is 20.4. The van der Waals surface area contributed by atoms with E-state index >= 15 is 0 Å². The number of hydrogen-bond donors (Lipinski definition) is 1. The number of aryl methyl sites for hydroxylation is 1. The van der Waals surface area contributed by atoms with Gasteiger partial charge in [-0.05, 0) is 55.0 Å². The van der Waals surface area contributed by atoms with Crippen molar-refractivity contribution < 1.29 is 13.9 Å². The van der Waals surface area contributed by atoms with Crippen LogP contribution in [0.5, 0.6) is 5.75 Å². The molecule has 1 fully saturated rings. The first kappa shape index (κ1) is 23.8. The average molecular weight is 488 g/mol. The summed E-state index contributed by atoms with van der Waals surface area (Å²) in [5, 5.41) is 3.03. The molecule has 4 aromatic rings. The van der Waals surface area contributed by atoms with Crippen LogP contribution in [-0.2, 0) is 6.61 Å². The summed E-state index contributed by atoms with van der Waals surface area (Å²) in [6, 6.07) is 17.9. The maximum Gasteiger partial charge on any atom is 0.255 e. The number of nitrogens with one attached hydrogen (secondary N) is 1. The lowest BCUT2D eigenvalue weighted by atomic mass is 10.2. The van der Waals surface area contributed by atoms with Crippen LogP contribution in [0.2, 0.25) is 0 Å². The number of nitrogens with zero attached hydrogens (tertiary/aromatic N) is 4. The van der Waals surface area contributed by atoms with Crippen LogP contribution in [0.15, 0.2) is 73.1 Å². The number of benzene rings is 2. The molecule has 1 aliphatic rings. The first-order valence-electron chi connectivity index (χ1n) is 12.2. The Morgan fingerprint density at radius 1 is 1.03 bits per heavy atom. The Balaban J connectivity index is 1.11. The Morgan fingerprint density at radius 3 is 2.58 bits per heavy atom. The van der Waals surface area contributed by atoms with Crippen LogP contribution >= 0.6 is 0 Å². The van der Waals surface area contributed by atoms with Crippen LogP contribution in [0.1, 0.15) is 21.6 Å². The van der Waals surface area contributed by atoms with E-state index in [1.807, 2.05) is 66.2 Å². The van der Waals surface area contributed by atoms with E-state index in [4.69, 9.17) is 4.74 Å². The van der Waals surface area contributed by atoms with Gasteiger partial charge in [0.2, 0.25) is 0 Å². The fourth-order valence-electron chi connectivity index (χ4n) is 4.51. The second kappa shape index (κ2) is 10.8. The lowest BCUT2D eigenvalue weighted by molar-refractivity contribution is 0.0943. The predicted molar refractivity (Wildman–Crippen MR) is 138 cm³/mol. The van der Waals surface area contributed by atoms with Gasteiger partial charge in [0.15, 0.2) is 0 Å². The van der Waals surface area contributed by atoms with Crippen LogP contribution in [0.3, 0.4) is 0 Å². The number of hydrogen-bond acceptors (Lipinski definition) is 5. The summed E-state index contributed by atoms with van der Waals surface area (Å²) >= 11 is 0. The summed E-state index contributed by atoms with van der Waals surface area (Å²) in [5.41, 5.74) is 4.36. The summed E-state index contributed by atoms with van der Waals surface area (Å²) < 4.78 is 21.1. The van der Waals surface area contributed by atoms with E-state index in [1.54, 1.807) is 6.07 Å². The predicted octanol–water partition coefficient (Wildman–Crippen LogP) is 3.91. The van der Waals surface area contributed by atoms with Crippen LogP contribution in [0, 0.1) is 12.7 Å². The molecule has 0 aliphatic carbocycles. The molecule has 0 saturated carbocycles. The van der Waals surface area contributed by atoms with Crippen molar-refractivity contribution in [1.82, 2.24) is 19.6 Å². The molecule has 2 aromatic heterocycles. The van der Waals surface area contributed by atoms with Gasteiger partial charge in [0.1, 0.15) is 23.8 Å². The topological polar surface area (TPSA) is 62.1 Å². The number of rotatable bonds is 8. The molecule has 0 radical (unpaired) electrons. The minimum atomic E-state index is -0.217. The van der Waals surface area contributed by atoms with E-state index < -0.39 is 0 Å². The Labute approximate surface area is 210 Å². The molecule has 1 saturated heterocycles. The third kappa shape index (κ3) is 5.49. The van der Waals surface area contributed by atoms with E-state index in [0.29, 0.717) is 17.9 Å². The number of aromatic nitrogens is 2. The van der Waals surface area contributed by atoms with E-state index in [1.165, 1.54) is 12.1 Å². The molecular weight excluding hydrogens is 457 g/mol. The third-order valence-electron chi connectivity index (χ3n) is 6.51. The number of halogens is 1. The number of piperazine rings is 1. The molecule has 0 spiro atoms. The van der Waals surface area contributed by atoms with E-state index in [2.05, 4.69) is 20.1 Å². The van der Waals surface area contributed by atoms with Gasteiger partial charge < -0.3 is 19.4 Å². The van der Waals surface area contributed by atoms with Crippen LogP contribution in [0.4, 0.5) is 10.1 Å². The summed E-state index contributed by atoms with van der Waals surface area (Å²) in [5.74, 6) is 0.170. The fraction of sp³-hybridized carbons (Fsp3) is 0.286. The third-order valence-corrected chi connectivity index (χ3v) is 6.51. The molecule has 0 unspecified atom stereocenters. The first-order chi connectivity index (χ1) is 17.6. The Hall–Kier alpha value is -3.91. The van der Waals surface area contributed by atoms with Crippen molar-refractivity contribution in [2.75, 3.05) is 44.2 Å². The van der Waals surface area contributed by atoms with Crippen molar-refractivity contribution in [3.8, 4) is 5.75 Å². The number of carbonyl (C=O) groups excluding carboxylic acids is 1. The van der Waals surface area contributed by atoms with Crippen LogP contribution in [-0.4, -0.2) is 59.5 Å². The van der Waals surface area contributed by atoms with Crippen LogP contribution in [0.25, 0.3) is 5.65 Å². The summed E-state index contributed by atoms with van der Waals surface area (Å²) in [4.78, 5) is 22.1. The molecule has 8 heteroatoms. The Kier molecular flexibility index (Phi) is 7.13. The lowest BCUT2D eigenvalue weighted by Crippen LogP contribution is -2.48. The molecule has 0 bridgehead atoms. The highest BCUT2D eigenvalue weighted by molar-refractivity contribution is 5.96. The van der Waals surface area contributed by atoms with Crippen LogP contribution < -0.4 is 15.0 Å². The van der Waals surface area contributed by atoms with E-state index in [0.717, 1.165) is 55.3 Å². The van der Waals surface area contributed by atoms with Gasteiger partial charge in [-0.15, -0.1) is 0 Å². The largest absolute Gasteiger partial charge is 0.486 e. The molecule has 186 valence electrons. The molecule has 7 nitrogen and oxygen atoms in total. The van der Waals surface area contributed by atoms with Gasteiger partial charge in [0.05, 0.1) is 11.3 Å². The van der Waals surface area contributed by atoms with Gasteiger partial charge in [0, 0.05) is 57.3 Å². The number of carbonyl (C=O) groups is 1. The minimum Gasteiger partial charge on any atom is -0.486 e. The molecular formula is C28H30FN5O2. The zero-order chi connectivity index (χ0) is 24.9. The number of amides is 1. The Bertz CT molecular complexity index is 1330. The second-order valence-electron chi connectivity index (χ2n) is 9.00. The molecule has 3 heterocycles. The monoisotopic (exact) mass is 487 g/mol. The normalized spacial score (nSPS) is 14.2. The molecule has 2 aromatic carbocycles. The lowest BCUT2D eigenvalue weighted by Gasteiger charge is -2.36. The smallest absolute Gasteiger partial charge is 0.255 e. The van der Waals surface area contributed by atoms with Gasteiger partial charge in [-0.3, -0.25) is 9.69 Å². The van der Waals surface area contributed by atoms with Crippen molar-refractivity contribution in [1.29, 1.82) is 0 Å². The van der Waals surface area contributed by atoms with Gasteiger partial charge in [0.25, 0.3) is 5.91 Å². The maximum atomic E-state index is 13.2. The number of pyridine rings is 1. The van der Waals surface area contributed by atoms with Gasteiger partial charge in [-0.1, -0.05) is 18.2 Å². The van der Waals surface area contributed by atoms with Gasteiger partial charge in [-0.25, -0.2) is 9.37 Å². The van der Waals surface area contributed by atoms with E-state index in [9.17, 15) is 9.18 Å².